The van der Waals surface area contributed by atoms with Crippen LogP contribution < -0.4 is 5.32 Å². The van der Waals surface area contributed by atoms with Crippen molar-refractivity contribution < 1.29 is 27.5 Å². The maximum atomic E-state index is 12.6. The van der Waals surface area contributed by atoms with Gasteiger partial charge in [0, 0.05) is 25.0 Å². The first-order valence-corrected chi connectivity index (χ1v) is 8.38. The number of likely N-dealkylation sites (tertiary alicyclic amines) is 1. The number of amides is 2. The summed E-state index contributed by atoms with van der Waals surface area (Å²) in [5.74, 6) is -2.42. The van der Waals surface area contributed by atoms with Gasteiger partial charge in [-0.25, -0.2) is 4.79 Å². The fourth-order valence-corrected chi connectivity index (χ4v) is 2.91. The van der Waals surface area contributed by atoms with Crippen LogP contribution in [0, 0.1) is 0 Å². The Morgan fingerprint density at radius 1 is 1.15 bits per heavy atom. The predicted molar refractivity (Wildman–Crippen MR) is 89.6 cm³/mol. The fraction of sp³-hybridized carbons (Fsp3) is 0.556. The van der Waals surface area contributed by atoms with Crippen molar-refractivity contribution in [2.24, 2.45) is 0 Å². The summed E-state index contributed by atoms with van der Waals surface area (Å²) in [4.78, 5) is 25.2. The zero-order chi connectivity index (χ0) is 19.5. The number of halogens is 3. The summed E-state index contributed by atoms with van der Waals surface area (Å²) in [6.07, 6.45) is -5.25. The van der Waals surface area contributed by atoms with E-state index >= 15 is 0 Å². The van der Waals surface area contributed by atoms with Gasteiger partial charge in [-0.05, 0) is 32.8 Å². The van der Waals surface area contributed by atoms with Gasteiger partial charge in [-0.1, -0.05) is 30.3 Å². The summed E-state index contributed by atoms with van der Waals surface area (Å²) in [6.45, 7) is 5.62. The molecule has 1 aliphatic heterocycles. The quantitative estimate of drug-likeness (QED) is 0.865. The largest absolute Gasteiger partial charge is 0.471 e. The van der Waals surface area contributed by atoms with Crippen LogP contribution in [0.2, 0.25) is 0 Å². The molecule has 5 nitrogen and oxygen atoms in total. The third kappa shape index (κ3) is 5.37. The lowest BCUT2D eigenvalue weighted by molar-refractivity contribution is -0.174. The molecule has 2 atom stereocenters. The Hall–Kier alpha value is -2.25. The number of ether oxygens (including phenoxy) is 1. The van der Waals surface area contributed by atoms with Crippen LogP contribution in [-0.4, -0.2) is 47.8 Å². The third-order valence-corrected chi connectivity index (χ3v) is 4.07. The first-order valence-electron chi connectivity index (χ1n) is 8.38. The Labute approximate surface area is 150 Å². The molecule has 8 heteroatoms. The lowest BCUT2D eigenvalue weighted by atomic mass is 9.86. The SMILES string of the molecule is CC(C)(C)OC(=O)N1CC[C@@H](NC(=O)C(F)(F)F)[C@@H](c2ccccc2)C1. The highest BCUT2D eigenvalue weighted by Gasteiger charge is 2.42. The maximum absolute atomic E-state index is 12.6. The smallest absolute Gasteiger partial charge is 0.444 e. The van der Waals surface area contributed by atoms with Crippen molar-refractivity contribution in [3.63, 3.8) is 0 Å². The van der Waals surface area contributed by atoms with Gasteiger partial charge in [0.25, 0.3) is 0 Å². The fourth-order valence-electron chi connectivity index (χ4n) is 2.91. The lowest BCUT2D eigenvalue weighted by Crippen LogP contribution is -2.54. The Bertz CT molecular complexity index is 641. The lowest BCUT2D eigenvalue weighted by Gasteiger charge is -2.39. The highest BCUT2D eigenvalue weighted by Crippen LogP contribution is 2.29. The topological polar surface area (TPSA) is 58.6 Å². The Morgan fingerprint density at radius 2 is 1.77 bits per heavy atom. The minimum Gasteiger partial charge on any atom is -0.444 e. The molecule has 0 bridgehead atoms. The summed E-state index contributed by atoms with van der Waals surface area (Å²) >= 11 is 0. The van der Waals surface area contributed by atoms with Crippen LogP contribution in [0.4, 0.5) is 18.0 Å². The van der Waals surface area contributed by atoms with Gasteiger partial charge in [-0.2, -0.15) is 13.2 Å². The van der Waals surface area contributed by atoms with Crippen LogP contribution >= 0.6 is 0 Å². The van der Waals surface area contributed by atoms with Gasteiger partial charge in [0.05, 0.1) is 0 Å². The molecule has 1 aliphatic rings. The molecule has 0 radical (unpaired) electrons. The average molecular weight is 372 g/mol. The number of hydrogen-bond acceptors (Lipinski definition) is 3. The minimum absolute atomic E-state index is 0.168. The van der Waals surface area contributed by atoms with E-state index in [1.165, 1.54) is 4.90 Å². The molecule has 0 unspecified atom stereocenters. The molecule has 2 rings (SSSR count). The first-order chi connectivity index (χ1) is 12.0. The van der Waals surface area contributed by atoms with Crippen molar-refractivity contribution in [3.05, 3.63) is 35.9 Å². The van der Waals surface area contributed by atoms with Crippen LogP contribution in [0.3, 0.4) is 0 Å². The highest BCUT2D eigenvalue weighted by molar-refractivity contribution is 5.82. The van der Waals surface area contributed by atoms with Crippen molar-refractivity contribution in [1.82, 2.24) is 10.2 Å². The number of carbonyl (C=O) groups is 2. The van der Waals surface area contributed by atoms with Crippen molar-refractivity contribution >= 4 is 12.0 Å². The second-order valence-corrected chi connectivity index (χ2v) is 7.31. The highest BCUT2D eigenvalue weighted by atomic mass is 19.4. The minimum atomic E-state index is -4.94. The second kappa shape index (κ2) is 7.55. The number of alkyl halides is 3. The van der Waals surface area contributed by atoms with Crippen molar-refractivity contribution in [2.45, 2.75) is 50.9 Å². The Kier molecular flexibility index (Phi) is 5.83. The third-order valence-electron chi connectivity index (χ3n) is 4.07. The Balaban J connectivity index is 2.18. The molecule has 1 aromatic rings. The molecule has 144 valence electrons. The molecular weight excluding hydrogens is 349 g/mol. The van der Waals surface area contributed by atoms with Gasteiger partial charge >= 0.3 is 18.2 Å². The summed E-state index contributed by atoms with van der Waals surface area (Å²) in [6, 6.07) is 8.16. The second-order valence-electron chi connectivity index (χ2n) is 7.31. The van der Waals surface area contributed by atoms with Crippen LogP contribution in [-0.2, 0) is 9.53 Å². The first kappa shape index (κ1) is 20.1. The molecule has 1 fully saturated rings. The van der Waals surface area contributed by atoms with Crippen LogP contribution in [0.5, 0.6) is 0 Å². The van der Waals surface area contributed by atoms with Gasteiger partial charge in [0.1, 0.15) is 5.60 Å². The molecule has 1 N–H and O–H groups in total. The van der Waals surface area contributed by atoms with E-state index in [-0.39, 0.29) is 19.5 Å². The van der Waals surface area contributed by atoms with Gasteiger partial charge < -0.3 is 15.0 Å². The maximum Gasteiger partial charge on any atom is 0.471 e. The van der Waals surface area contributed by atoms with Crippen LogP contribution in [0.15, 0.2) is 30.3 Å². The molecule has 0 saturated carbocycles. The monoisotopic (exact) mass is 372 g/mol. The van der Waals surface area contributed by atoms with Crippen molar-refractivity contribution in [3.8, 4) is 0 Å². The zero-order valence-electron chi connectivity index (χ0n) is 15.0. The normalized spacial score (nSPS) is 21.2. The summed E-state index contributed by atoms with van der Waals surface area (Å²) in [5.41, 5.74) is 0.0916. The van der Waals surface area contributed by atoms with E-state index < -0.39 is 35.7 Å². The van der Waals surface area contributed by atoms with Gasteiger partial charge in [-0.15, -0.1) is 0 Å². The van der Waals surface area contributed by atoms with E-state index in [1.54, 1.807) is 51.1 Å². The number of nitrogens with one attached hydrogen (secondary N) is 1. The van der Waals surface area contributed by atoms with E-state index in [9.17, 15) is 22.8 Å². The van der Waals surface area contributed by atoms with Crippen molar-refractivity contribution in [2.75, 3.05) is 13.1 Å². The van der Waals surface area contributed by atoms with Gasteiger partial charge in [-0.3, -0.25) is 4.79 Å². The molecule has 26 heavy (non-hydrogen) atoms. The predicted octanol–water partition coefficient (Wildman–Crippen LogP) is 3.46. The molecule has 0 aromatic heterocycles. The summed E-state index contributed by atoms with van der Waals surface area (Å²) < 4.78 is 43.2. The standard InChI is InChI=1S/C18H23F3N2O3/c1-17(2,3)26-16(25)23-10-9-14(22-15(24)18(19,20)21)13(11-23)12-7-5-4-6-8-12/h4-8,13-14H,9-11H2,1-3H3,(H,22,24)/t13-,14-/m1/s1. The van der Waals surface area contributed by atoms with E-state index in [0.717, 1.165) is 5.56 Å². The molecule has 1 aromatic carbocycles. The van der Waals surface area contributed by atoms with Crippen molar-refractivity contribution in [1.29, 1.82) is 0 Å². The van der Waals surface area contributed by atoms with E-state index in [4.69, 9.17) is 4.74 Å². The number of carbonyl (C=O) groups excluding carboxylic acids is 2. The molecule has 1 heterocycles. The number of benzene rings is 1. The molecular formula is C18H23F3N2O3. The summed E-state index contributed by atoms with van der Waals surface area (Å²) in [5, 5.41) is 2.07. The van der Waals surface area contributed by atoms with E-state index in [1.807, 2.05) is 0 Å². The Morgan fingerprint density at radius 3 is 2.31 bits per heavy atom. The van der Waals surface area contributed by atoms with Crippen LogP contribution in [0.1, 0.15) is 38.7 Å². The number of hydrogen-bond donors (Lipinski definition) is 1. The number of nitrogens with zero attached hydrogens (tertiary/aromatic N) is 1. The molecule has 0 aliphatic carbocycles. The molecule has 0 spiro atoms. The average Bonchev–Trinajstić information content (AvgIpc) is 2.53. The number of rotatable bonds is 2. The zero-order valence-corrected chi connectivity index (χ0v) is 15.0. The van der Waals surface area contributed by atoms with Crippen LogP contribution in [0.25, 0.3) is 0 Å². The van der Waals surface area contributed by atoms with E-state index in [0.29, 0.717) is 0 Å². The van der Waals surface area contributed by atoms with E-state index in [2.05, 4.69) is 5.32 Å². The molecule has 2 amide bonds. The summed E-state index contributed by atoms with van der Waals surface area (Å²) in [7, 11) is 0. The number of piperidine rings is 1. The van der Waals surface area contributed by atoms with Gasteiger partial charge in [0.15, 0.2) is 0 Å². The molecule has 1 saturated heterocycles. The van der Waals surface area contributed by atoms with Gasteiger partial charge in [0.2, 0.25) is 0 Å².